The molecule has 146 valence electrons. The molecule has 2 aliphatic carbocycles. The average molecular weight is 401 g/mol. The van der Waals surface area contributed by atoms with Crippen LogP contribution in [0.2, 0.25) is 0 Å². The third-order valence-corrected chi connectivity index (χ3v) is 6.21. The number of sulfonamides is 1. The first-order valence-corrected chi connectivity index (χ1v) is 10.9. The van der Waals surface area contributed by atoms with Gasteiger partial charge in [0.25, 0.3) is 0 Å². The summed E-state index contributed by atoms with van der Waals surface area (Å²) in [6.07, 6.45) is 6.53. The Morgan fingerprint density at radius 1 is 1.29 bits per heavy atom. The Morgan fingerprint density at radius 3 is 2.75 bits per heavy atom. The van der Waals surface area contributed by atoms with Crippen LogP contribution in [0.25, 0.3) is 17.3 Å². The molecule has 0 aliphatic heterocycles. The summed E-state index contributed by atoms with van der Waals surface area (Å²) in [5, 5.41) is 0. The van der Waals surface area contributed by atoms with Crippen LogP contribution in [0.5, 0.6) is 0 Å². The summed E-state index contributed by atoms with van der Waals surface area (Å²) in [5.74, 6) is -0.101. The van der Waals surface area contributed by atoms with Crippen LogP contribution in [0.15, 0.2) is 24.3 Å². The molecule has 1 heterocycles. The predicted molar refractivity (Wildman–Crippen MR) is 105 cm³/mol. The molecule has 2 aromatic rings. The minimum absolute atomic E-state index is 0.101. The second-order valence-electron chi connectivity index (χ2n) is 7.07. The molecule has 8 heteroatoms. The normalized spacial score (nSPS) is 15.5. The summed E-state index contributed by atoms with van der Waals surface area (Å²) in [7, 11) is -3.57. The summed E-state index contributed by atoms with van der Waals surface area (Å²) in [6.45, 7) is 1.48. The number of halogens is 1. The van der Waals surface area contributed by atoms with Gasteiger partial charge in [0.05, 0.1) is 29.2 Å². The Bertz CT molecular complexity index is 1090. The molecule has 0 saturated heterocycles. The maximum Gasteiger partial charge on any atom is 0.232 e. The number of rotatable bonds is 7. The lowest BCUT2D eigenvalue weighted by Gasteiger charge is -2.12. The van der Waals surface area contributed by atoms with Gasteiger partial charge in [-0.05, 0) is 31.9 Å². The summed E-state index contributed by atoms with van der Waals surface area (Å²) < 4.78 is 40.2. The molecule has 0 bridgehead atoms. The van der Waals surface area contributed by atoms with Crippen molar-refractivity contribution in [3.63, 3.8) is 0 Å². The Kier molecular flexibility index (Phi) is 4.74. The number of nitrogens with zero attached hydrogens (tertiary/aromatic N) is 2. The topological polar surface area (TPSA) is 89.0 Å². The van der Waals surface area contributed by atoms with E-state index in [2.05, 4.69) is 14.7 Å². The van der Waals surface area contributed by atoms with Gasteiger partial charge in [-0.1, -0.05) is 18.2 Å². The van der Waals surface area contributed by atoms with Crippen LogP contribution in [-0.2, 0) is 27.7 Å². The zero-order valence-electron chi connectivity index (χ0n) is 15.4. The molecule has 1 N–H and O–H groups in total. The molecule has 2 aliphatic rings. The van der Waals surface area contributed by atoms with Crippen molar-refractivity contribution in [3.8, 4) is 11.3 Å². The van der Waals surface area contributed by atoms with Gasteiger partial charge in [0, 0.05) is 23.5 Å². The van der Waals surface area contributed by atoms with E-state index >= 15 is 0 Å². The molecular formula is C20H20FN3O3S. The molecule has 0 spiro atoms. The van der Waals surface area contributed by atoms with Crippen molar-refractivity contribution in [1.29, 1.82) is 0 Å². The third kappa shape index (κ3) is 3.82. The first kappa shape index (κ1) is 18.7. The summed E-state index contributed by atoms with van der Waals surface area (Å²) >= 11 is 0. The lowest BCUT2D eigenvalue weighted by molar-refractivity contribution is -0.119. The van der Waals surface area contributed by atoms with Crippen molar-refractivity contribution in [2.45, 2.75) is 32.6 Å². The van der Waals surface area contributed by atoms with Gasteiger partial charge in [-0.3, -0.25) is 9.52 Å². The largest absolute Gasteiger partial charge is 0.299 e. The quantitative estimate of drug-likeness (QED) is 0.770. The molecule has 1 aromatic heterocycles. The number of hydrogen-bond acceptors (Lipinski definition) is 5. The molecule has 0 unspecified atom stereocenters. The number of benzene rings is 1. The van der Waals surface area contributed by atoms with Gasteiger partial charge < -0.3 is 0 Å². The number of allylic oxidation sites excluding steroid dienone is 1. The molecular weight excluding hydrogens is 381 g/mol. The maximum absolute atomic E-state index is 14.5. The lowest BCUT2D eigenvalue weighted by atomic mass is 10.0. The van der Waals surface area contributed by atoms with E-state index in [9.17, 15) is 17.6 Å². The highest BCUT2D eigenvalue weighted by atomic mass is 32.2. The first-order valence-electron chi connectivity index (χ1n) is 9.25. The Morgan fingerprint density at radius 2 is 2.07 bits per heavy atom. The predicted octanol–water partition coefficient (Wildman–Crippen LogP) is 3.14. The minimum atomic E-state index is -3.57. The third-order valence-electron chi connectivity index (χ3n) is 4.92. The van der Waals surface area contributed by atoms with E-state index in [0.29, 0.717) is 23.5 Å². The van der Waals surface area contributed by atoms with Crippen LogP contribution < -0.4 is 4.72 Å². The number of Topliss-reactive ketones (excluding diaryl/α,β-unsaturated/α-hetero) is 1. The van der Waals surface area contributed by atoms with Crippen LogP contribution in [-0.4, -0.2) is 29.9 Å². The molecule has 28 heavy (non-hydrogen) atoms. The minimum Gasteiger partial charge on any atom is -0.299 e. The standard InChI is InChI=1S/C20H20FN3O3S/c1-2-28(26,27)24-17-9-8-13(10-15(17)21)20-14-4-3-5-16(14)22-19(23-20)11-18(25)12-6-7-12/h3-4,8-10,12,24H,2,5-7,11H2,1H3. The maximum atomic E-state index is 14.5. The highest BCUT2D eigenvalue weighted by molar-refractivity contribution is 7.92. The van der Waals surface area contributed by atoms with Crippen molar-refractivity contribution < 1.29 is 17.6 Å². The molecule has 1 saturated carbocycles. The van der Waals surface area contributed by atoms with Crippen LogP contribution >= 0.6 is 0 Å². The Balaban J connectivity index is 1.70. The summed E-state index contributed by atoms with van der Waals surface area (Å²) in [5.41, 5.74) is 2.60. The van der Waals surface area contributed by atoms with E-state index in [0.717, 1.165) is 24.1 Å². The van der Waals surface area contributed by atoms with E-state index < -0.39 is 15.8 Å². The second kappa shape index (κ2) is 7.09. The molecule has 0 radical (unpaired) electrons. The van der Waals surface area contributed by atoms with Crippen LogP contribution in [0.3, 0.4) is 0 Å². The Hall–Kier alpha value is -2.61. The number of fused-ring (bicyclic) bond motifs is 1. The fourth-order valence-electron chi connectivity index (χ4n) is 3.18. The highest BCUT2D eigenvalue weighted by Crippen LogP contribution is 2.33. The molecule has 1 fully saturated rings. The van der Waals surface area contributed by atoms with Crippen molar-refractivity contribution >= 4 is 27.6 Å². The van der Waals surface area contributed by atoms with E-state index in [-0.39, 0.29) is 29.6 Å². The van der Waals surface area contributed by atoms with Crippen LogP contribution in [0.4, 0.5) is 10.1 Å². The molecule has 0 amide bonds. The smallest absolute Gasteiger partial charge is 0.232 e. The number of hydrogen-bond donors (Lipinski definition) is 1. The number of anilines is 1. The zero-order chi connectivity index (χ0) is 19.9. The van der Waals surface area contributed by atoms with Gasteiger partial charge in [0.2, 0.25) is 10.0 Å². The number of aromatic nitrogens is 2. The SMILES string of the molecule is CCS(=O)(=O)Nc1ccc(-c2nc(CC(=O)C3CC3)nc3c2C=CC3)cc1F. The van der Waals surface area contributed by atoms with Gasteiger partial charge in [0.1, 0.15) is 17.4 Å². The molecule has 0 atom stereocenters. The first-order chi connectivity index (χ1) is 13.4. The monoisotopic (exact) mass is 401 g/mol. The molecule has 4 rings (SSSR count). The number of carbonyl (C=O) groups is 1. The molecule has 1 aromatic carbocycles. The average Bonchev–Trinajstić information content (AvgIpc) is 3.41. The number of ketones is 1. The lowest BCUT2D eigenvalue weighted by Crippen LogP contribution is -2.15. The van der Waals surface area contributed by atoms with Crippen LogP contribution in [0.1, 0.15) is 36.8 Å². The van der Waals surface area contributed by atoms with E-state index in [1.54, 1.807) is 6.07 Å². The number of carbonyl (C=O) groups excluding carboxylic acids is 1. The van der Waals surface area contributed by atoms with Gasteiger partial charge >= 0.3 is 0 Å². The summed E-state index contributed by atoms with van der Waals surface area (Å²) in [6, 6.07) is 4.27. The number of nitrogens with one attached hydrogen (secondary N) is 1. The fraction of sp³-hybridized carbons (Fsp3) is 0.350. The van der Waals surface area contributed by atoms with Crippen molar-refractivity contribution in [1.82, 2.24) is 9.97 Å². The molecule has 6 nitrogen and oxygen atoms in total. The van der Waals surface area contributed by atoms with E-state index in [1.807, 2.05) is 12.2 Å². The second-order valence-corrected chi connectivity index (χ2v) is 9.08. The van der Waals surface area contributed by atoms with Crippen molar-refractivity contribution in [2.75, 3.05) is 10.5 Å². The van der Waals surface area contributed by atoms with Gasteiger partial charge in [0.15, 0.2) is 0 Å². The van der Waals surface area contributed by atoms with Gasteiger partial charge in [-0.15, -0.1) is 0 Å². The van der Waals surface area contributed by atoms with Gasteiger partial charge in [-0.2, -0.15) is 0 Å². The van der Waals surface area contributed by atoms with Crippen molar-refractivity contribution in [2.24, 2.45) is 5.92 Å². The van der Waals surface area contributed by atoms with E-state index in [1.165, 1.54) is 19.1 Å². The Labute approximate surface area is 163 Å². The zero-order valence-corrected chi connectivity index (χ0v) is 16.2. The summed E-state index contributed by atoms with van der Waals surface area (Å²) in [4.78, 5) is 21.2. The van der Waals surface area contributed by atoms with Crippen LogP contribution in [0, 0.1) is 11.7 Å². The van der Waals surface area contributed by atoms with Crippen molar-refractivity contribution in [3.05, 3.63) is 47.2 Å². The fourth-order valence-corrected chi connectivity index (χ4v) is 3.82. The highest BCUT2D eigenvalue weighted by Gasteiger charge is 2.30. The van der Waals surface area contributed by atoms with E-state index in [4.69, 9.17) is 0 Å². The van der Waals surface area contributed by atoms with Gasteiger partial charge in [-0.25, -0.2) is 22.8 Å².